The molecule has 0 saturated heterocycles. The zero-order chi connectivity index (χ0) is 11.4. The third-order valence-corrected chi connectivity index (χ3v) is 2.01. The molecule has 1 aromatic rings. The summed E-state index contributed by atoms with van der Waals surface area (Å²) in [5.41, 5.74) is -0.0156. The van der Waals surface area contributed by atoms with Crippen LogP contribution < -0.4 is 4.74 Å². The standard InChI is InChI=1S/C10H12ClNO3/c1-7(2)6-15-10-5-8(12(13)14)3-4-9(10)11/h3-5,7H,6H2,1-2H3. The van der Waals surface area contributed by atoms with Gasteiger partial charge in [-0.2, -0.15) is 0 Å². The van der Waals surface area contributed by atoms with Crippen LogP contribution in [0, 0.1) is 16.0 Å². The van der Waals surface area contributed by atoms with Gasteiger partial charge in [0, 0.05) is 6.07 Å². The van der Waals surface area contributed by atoms with Gasteiger partial charge in [-0.05, 0) is 12.0 Å². The Balaban J connectivity index is 2.85. The van der Waals surface area contributed by atoms with Crippen LogP contribution in [-0.4, -0.2) is 11.5 Å². The van der Waals surface area contributed by atoms with Gasteiger partial charge in [-0.15, -0.1) is 0 Å². The first-order valence-electron chi connectivity index (χ1n) is 4.57. The second kappa shape index (κ2) is 4.98. The summed E-state index contributed by atoms with van der Waals surface area (Å²) in [6.07, 6.45) is 0. The van der Waals surface area contributed by atoms with E-state index in [1.165, 1.54) is 18.2 Å². The zero-order valence-electron chi connectivity index (χ0n) is 8.57. The maximum Gasteiger partial charge on any atom is 0.273 e. The molecule has 0 aromatic heterocycles. The van der Waals surface area contributed by atoms with Crippen molar-refractivity contribution >= 4 is 17.3 Å². The lowest BCUT2D eigenvalue weighted by Crippen LogP contribution is -2.05. The molecule has 1 rings (SSSR count). The van der Waals surface area contributed by atoms with Crippen molar-refractivity contribution in [2.24, 2.45) is 5.92 Å². The summed E-state index contributed by atoms with van der Waals surface area (Å²) >= 11 is 5.84. The third kappa shape index (κ3) is 3.40. The largest absolute Gasteiger partial charge is 0.491 e. The van der Waals surface area contributed by atoms with Gasteiger partial charge in [0.2, 0.25) is 0 Å². The van der Waals surface area contributed by atoms with E-state index >= 15 is 0 Å². The number of nitro benzene ring substituents is 1. The molecule has 0 amide bonds. The Bertz CT molecular complexity index is 366. The van der Waals surface area contributed by atoms with E-state index in [0.717, 1.165) is 0 Å². The summed E-state index contributed by atoms with van der Waals surface area (Å²) in [7, 11) is 0. The van der Waals surface area contributed by atoms with E-state index in [-0.39, 0.29) is 5.69 Å². The molecule has 0 fully saturated rings. The third-order valence-electron chi connectivity index (χ3n) is 1.70. The topological polar surface area (TPSA) is 52.4 Å². The Labute approximate surface area is 93.0 Å². The fraction of sp³-hybridized carbons (Fsp3) is 0.400. The number of nitro groups is 1. The van der Waals surface area contributed by atoms with E-state index in [4.69, 9.17) is 16.3 Å². The first-order valence-corrected chi connectivity index (χ1v) is 4.95. The highest BCUT2D eigenvalue weighted by molar-refractivity contribution is 6.32. The average Bonchev–Trinajstić information content (AvgIpc) is 2.16. The molecule has 0 aliphatic carbocycles. The molecule has 5 heteroatoms. The fourth-order valence-electron chi connectivity index (χ4n) is 0.973. The van der Waals surface area contributed by atoms with Crippen molar-refractivity contribution in [3.63, 3.8) is 0 Å². The molecular formula is C10H12ClNO3. The van der Waals surface area contributed by atoms with Crippen molar-refractivity contribution in [1.29, 1.82) is 0 Å². The number of benzene rings is 1. The second-order valence-corrected chi connectivity index (χ2v) is 3.98. The van der Waals surface area contributed by atoms with Crippen LogP contribution in [0.2, 0.25) is 5.02 Å². The number of halogens is 1. The van der Waals surface area contributed by atoms with Crippen LogP contribution in [0.25, 0.3) is 0 Å². The molecule has 4 nitrogen and oxygen atoms in total. The van der Waals surface area contributed by atoms with Gasteiger partial charge >= 0.3 is 0 Å². The lowest BCUT2D eigenvalue weighted by atomic mass is 10.2. The van der Waals surface area contributed by atoms with Crippen LogP contribution in [0.4, 0.5) is 5.69 Å². The average molecular weight is 230 g/mol. The molecule has 82 valence electrons. The Morgan fingerprint density at radius 2 is 2.20 bits per heavy atom. The van der Waals surface area contributed by atoms with Crippen molar-refractivity contribution in [3.8, 4) is 5.75 Å². The summed E-state index contributed by atoms with van der Waals surface area (Å²) in [4.78, 5) is 10.0. The quantitative estimate of drug-likeness (QED) is 0.588. The highest BCUT2D eigenvalue weighted by Crippen LogP contribution is 2.29. The Morgan fingerprint density at radius 1 is 1.53 bits per heavy atom. The van der Waals surface area contributed by atoms with E-state index in [2.05, 4.69) is 0 Å². The smallest absolute Gasteiger partial charge is 0.273 e. The minimum Gasteiger partial charge on any atom is -0.491 e. The Kier molecular flexibility index (Phi) is 3.91. The number of rotatable bonds is 4. The lowest BCUT2D eigenvalue weighted by Gasteiger charge is -2.09. The SMILES string of the molecule is CC(C)COc1cc([N+](=O)[O-])ccc1Cl. The summed E-state index contributed by atoms with van der Waals surface area (Å²) in [6.45, 7) is 4.47. The minimum atomic E-state index is -0.474. The van der Waals surface area contributed by atoms with Crippen molar-refractivity contribution in [2.45, 2.75) is 13.8 Å². The molecule has 0 aliphatic rings. The molecule has 0 saturated carbocycles. The van der Waals surface area contributed by atoms with Crippen LogP contribution in [0.1, 0.15) is 13.8 Å². The van der Waals surface area contributed by atoms with Crippen LogP contribution in [0.3, 0.4) is 0 Å². The maximum atomic E-state index is 10.5. The Hall–Kier alpha value is -1.29. The molecule has 1 aromatic carbocycles. The van der Waals surface area contributed by atoms with Gasteiger partial charge in [0.15, 0.2) is 0 Å². The van der Waals surface area contributed by atoms with E-state index in [1.807, 2.05) is 13.8 Å². The number of hydrogen-bond acceptors (Lipinski definition) is 3. The molecule has 0 unspecified atom stereocenters. The van der Waals surface area contributed by atoms with E-state index in [9.17, 15) is 10.1 Å². The summed E-state index contributed by atoms with van der Waals surface area (Å²) in [5.74, 6) is 0.708. The van der Waals surface area contributed by atoms with Crippen LogP contribution >= 0.6 is 11.6 Å². The van der Waals surface area contributed by atoms with Gasteiger partial charge < -0.3 is 4.74 Å². The fourth-order valence-corrected chi connectivity index (χ4v) is 1.14. The number of nitrogens with zero attached hydrogens (tertiary/aromatic N) is 1. The van der Waals surface area contributed by atoms with Gasteiger partial charge in [0.05, 0.1) is 22.6 Å². The van der Waals surface area contributed by atoms with Gasteiger partial charge in [0.25, 0.3) is 5.69 Å². The number of ether oxygens (including phenoxy) is 1. The minimum absolute atomic E-state index is 0.0156. The summed E-state index contributed by atoms with van der Waals surface area (Å²) < 4.78 is 5.35. The van der Waals surface area contributed by atoms with Crippen LogP contribution in [0.15, 0.2) is 18.2 Å². The molecule has 0 spiro atoms. The number of hydrogen-bond donors (Lipinski definition) is 0. The highest BCUT2D eigenvalue weighted by atomic mass is 35.5. The molecule has 15 heavy (non-hydrogen) atoms. The van der Waals surface area contributed by atoms with Crippen molar-refractivity contribution in [1.82, 2.24) is 0 Å². The van der Waals surface area contributed by atoms with Crippen molar-refractivity contribution in [2.75, 3.05) is 6.61 Å². The molecule has 0 N–H and O–H groups in total. The molecular weight excluding hydrogens is 218 g/mol. The van der Waals surface area contributed by atoms with E-state index < -0.39 is 4.92 Å². The molecule has 0 aliphatic heterocycles. The van der Waals surface area contributed by atoms with Gasteiger partial charge in [-0.1, -0.05) is 25.4 Å². The molecule has 0 radical (unpaired) electrons. The first-order chi connectivity index (χ1) is 7.00. The van der Waals surface area contributed by atoms with Gasteiger partial charge in [-0.3, -0.25) is 10.1 Å². The highest BCUT2D eigenvalue weighted by Gasteiger charge is 2.10. The zero-order valence-corrected chi connectivity index (χ0v) is 9.32. The van der Waals surface area contributed by atoms with Gasteiger partial charge in [-0.25, -0.2) is 0 Å². The second-order valence-electron chi connectivity index (χ2n) is 3.58. The van der Waals surface area contributed by atoms with Crippen molar-refractivity contribution < 1.29 is 9.66 Å². The monoisotopic (exact) mass is 229 g/mol. The first kappa shape index (κ1) is 11.8. The molecule has 0 heterocycles. The van der Waals surface area contributed by atoms with Crippen molar-refractivity contribution in [3.05, 3.63) is 33.3 Å². The van der Waals surface area contributed by atoms with E-state index in [1.54, 1.807) is 0 Å². The van der Waals surface area contributed by atoms with Crippen LogP contribution in [-0.2, 0) is 0 Å². The lowest BCUT2D eigenvalue weighted by molar-refractivity contribution is -0.384. The molecule has 0 atom stereocenters. The summed E-state index contributed by atoms with van der Waals surface area (Å²) in [6, 6.07) is 4.16. The predicted molar refractivity (Wildman–Crippen MR) is 58.4 cm³/mol. The summed E-state index contributed by atoms with van der Waals surface area (Å²) in [5, 5.41) is 10.9. The molecule has 0 bridgehead atoms. The van der Waals surface area contributed by atoms with Crippen LogP contribution in [0.5, 0.6) is 5.75 Å². The van der Waals surface area contributed by atoms with Gasteiger partial charge in [0.1, 0.15) is 5.75 Å². The predicted octanol–water partition coefficient (Wildman–Crippen LogP) is 3.28. The van der Waals surface area contributed by atoms with E-state index in [0.29, 0.717) is 23.3 Å². The maximum absolute atomic E-state index is 10.5. The Morgan fingerprint density at radius 3 is 2.73 bits per heavy atom. The number of non-ortho nitro benzene ring substituents is 1. The normalized spacial score (nSPS) is 10.4.